The van der Waals surface area contributed by atoms with E-state index >= 15 is 0 Å². The summed E-state index contributed by atoms with van der Waals surface area (Å²) < 4.78 is 0. The molecule has 1 aliphatic heterocycles. The minimum atomic E-state index is -1.13. The first-order chi connectivity index (χ1) is 11.1. The molecular formula is C20H23NO2. The summed E-state index contributed by atoms with van der Waals surface area (Å²) in [6.45, 7) is 3.16. The van der Waals surface area contributed by atoms with Crippen LogP contribution in [0.15, 0.2) is 54.6 Å². The van der Waals surface area contributed by atoms with Gasteiger partial charge in [-0.3, -0.25) is 4.79 Å². The van der Waals surface area contributed by atoms with Gasteiger partial charge >= 0.3 is 0 Å². The second kappa shape index (κ2) is 6.55. The van der Waals surface area contributed by atoms with Crippen LogP contribution in [-0.2, 0) is 23.2 Å². The molecule has 120 valence electrons. The lowest BCUT2D eigenvalue weighted by atomic mass is 9.92. The molecule has 1 amide bonds. The minimum Gasteiger partial charge on any atom is -0.385 e. The molecule has 1 atom stereocenters. The number of carbonyl (C=O) groups excluding carboxylic acids is 1. The third-order valence-corrected chi connectivity index (χ3v) is 4.66. The van der Waals surface area contributed by atoms with E-state index in [1.807, 2.05) is 35.2 Å². The number of rotatable bonds is 3. The molecule has 0 radical (unpaired) electrons. The maximum absolute atomic E-state index is 12.7. The highest BCUT2D eigenvalue weighted by molar-refractivity contribution is 5.77. The molecule has 1 heterocycles. The van der Waals surface area contributed by atoms with Crippen molar-refractivity contribution in [2.45, 2.75) is 31.8 Å². The molecule has 3 heteroatoms. The van der Waals surface area contributed by atoms with E-state index in [2.05, 4.69) is 24.3 Å². The predicted molar refractivity (Wildman–Crippen MR) is 91.1 cm³/mol. The summed E-state index contributed by atoms with van der Waals surface area (Å²) in [6, 6.07) is 17.8. The van der Waals surface area contributed by atoms with Gasteiger partial charge in [0.1, 0.15) is 0 Å². The van der Waals surface area contributed by atoms with Gasteiger partial charge in [0.15, 0.2) is 0 Å². The Morgan fingerprint density at radius 2 is 1.52 bits per heavy atom. The molecular weight excluding hydrogens is 286 g/mol. The average molecular weight is 309 g/mol. The first-order valence-corrected chi connectivity index (χ1v) is 8.19. The topological polar surface area (TPSA) is 40.5 Å². The number of benzene rings is 2. The van der Waals surface area contributed by atoms with Crippen molar-refractivity contribution in [1.82, 2.24) is 4.90 Å². The van der Waals surface area contributed by atoms with Gasteiger partial charge in [-0.2, -0.15) is 0 Å². The van der Waals surface area contributed by atoms with Crippen molar-refractivity contribution in [1.29, 1.82) is 0 Å². The van der Waals surface area contributed by atoms with Crippen LogP contribution in [0.2, 0.25) is 0 Å². The summed E-state index contributed by atoms with van der Waals surface area (Å²) in [5.41, 5.74) is 2.32. The van der Waals surface area contributed by atoms with E-state index in [-0.39, 0.29) is 12.3 Å². The summed E-state index contributed by atoms with van der Waals surface area (Å²) in [5, 5.41) is 10.7. The van der Waals surface area contributed by atoms with E-state index in [4.69, 9.17) is 0 Å². The van der Waals surface area contributed by atoms with Crippen LogP contribution in [0.3, 0.4) is 0 Å². The number of carbonyl (C=O) groups is 1. The summed E-state index contributed by atoms with van der Waals surface area (Å²) in [6.07, 6.45) is 1.89. The third-order valence-electron chi connectivity index (χ3n) is 4.66. The molecule has 23 heavy (non-hydrogen) atoms. The van der Waals surface area contributed by atoms with Gasteiger partial charge in [-0.05, 0) is 36.5 Å². The SMILES string of the molecule is CC(O)(CC(=O)N1CCc2ccccc2CC1)c1ccccc1. The normalized spacial score (nSPS) is 17.0. The van der Waals surface area contributed by atoms with E-state index in [0.717, 1.165) is 31.5 Å². The van der Waals surface area contributed by atoms with Gasteiger partial charge in [0, 0.05) is 13.1 Å². The lowest BCUT2D eigenvalue weighted by Crippen LogP contribution is -2.38. The maximum atomic E-state index is 12.7. The molecule has 1 aliphatic rings. The monoisotopic (exact) mass is 309 g/mol. The van der Waals surface area contributed by atoms with Gasteiger partial charge in [-0.25, -0.2) is 0 Å². The Hall–Kier alpha value is -2.13. The average Bonchev–Trinajstić information content (AvgIpc) is 2.78. The standard InChI is InChI=1S/C20H23NO2/c1-20(23,18-9-3-2-4-10-18)15-19(22)21-13-11-16-7-5-6-8-17(16)12-14-21/h2-10,23H,11-15H2,1H3. The quantitative estimate of drug-likeness (QED) is 0.947. The molecule has 0 saturated heterocycles. The Morgan fingerprint density at radius 3 is 2.09 bits per heavy atom. The first-order valence-electron chi connectivity index (χ1n) is 8.19. The zero-order valence-corrected chi connectivity index (χ0v) is 13.5. The number of hydrogen-bond donors (Lipinski definition) is 1. The molecule has 0 fully saturated rings. The number of hydrogen-bond acceptors (Lipinski definition) is 2. The summed E-state index contributed by atoms with van der Waals surface area (Å²) in [7, 11) is 0. The Bertz CT molecular complexity index is 652. The molecule has 2 aromatic carbocycles. The van der Waals surface area contributed by atoms with Gasteiger partial charge in [0.2, 0.25) is 5.91 Å². The fourth-order valence-electron chi connectivity index (χ4n) is 3.22. The van der Waals surface area contributed by atoms with Crippen molar-refractivity contribution >= 4 is 5.91 Å². The van der Waals surface area contributed by atoms with E-state index < -0.39 is 5.60 Å². The maximum Gasteiger partial charge on any atom is 0.225 e. The largest absolute Gasteiger partial charge is 0.385 e. The molecule has 3 rings (SSSR count). The Labute approximate surface area is 137 Å². The number of fused-ring (bicyclic) bond motifs is 1. The van der Waals surface area contributed by atoms with Crippen LogP contribution in [-0.4, -0.2) is 29.0 Å². The smallest absolute Gasteiger partial charge is 0.225 e. The Kier molecular flexibility index (Phi) is 4.49. The van der Waals surface area contributed by atoms with Crippen molar-refractivity contribution in [2.24, 2.45) is 0 Å². The highest BCUT2D eigenvalue weighted by Gasteiger charge is 2.29. The van der Waals surface area contributed by atoms with Crippen molar-refractivity contribution < 1.29 is 9.90 Å². The molecule has 1 unspecified atom stereocenters. The molecule has 0 spiro atoms. The van der Waals surface area contributed by atoms with Crippen LogP contribution in [0, 0.1) is 0 Å². The number of aliphatic hydroxyl groups is 1. The summed E-state index contributed by atoms with van der Waals surface area (Å²) in [4.78, 5) is 14.5. The molecule has 0 aliphatic carbocycles. The first kappa shape index (κ1) is 15.8. The lowest BCUT2D eigenvalue weighted by molar-refractivity contribution is -0.136. The number of nitrogens with zero attached hydrogens (tertiary/aromatic N) is 1. The van der Waals surface area contributed by atoms with Crippen LogP contribution in [0.5, 0.6) is 0 Å². The van der Waals surface area contributed by atoms with Gasteiger partial charge in [-0.15, -0.1) is 0 Å². The van der Waals surface area contributed by atoms with Crippen LogP contribution in [0.25, 0.3) is 0 Å². The minimum absolute atomic E-state index is 0.0201. The van der Waals surface area contributed by atoms with E-state index in [1.54, 1.807) is 6.92 Å². The highest BCUT2D eigenvalue weighted by Crippen LogP contribution is 2.26. The second-order valence-electron chi connectivity index (χ2n) is 6.47. The van der Waals surface area contributed by atoms with Gasteiger partial charge in [0.05, 0.1) is 12.0 Å². The van der Waals surface area contributed by atoms with Crippen molar-refractivity contribution in [3.05, 3.63) is 71.3 Å². The predicted octanol–water partition coefficient (Wildman–Crippen LogP) is 2.91. The highest BCUT2D eigenvalue weighted by atomic mass is 16.3. The summed E-state index contributed by atoms with van der Waals surface area (Å²) >= 11 is 0. The zero-order valence-electron chi connectivity index (χ0n) is 13.5. The lowest BCUT2D eigenvalue weighted by Gasteiger charge is -2.28. The van der Waals surface area contributed by atoms with Gasteiger partial charge < -0.3 is 10.0 Å². The fraction of sp³-hybridized carbons (Fsp3) is 0.350. The number of amides is 1. The molecule has 3 nitrogen and oxygen atoms in total. The van der Waals surface area contributed by atoms with E-state index in [9.17, 15) is 9.90 Å². The van der Waals surface area contributed by atoms with E-state index in [0.29, 0.717) is 0 Å². The van der Waals surface area contributed by atoms with Crippen LogP contribution in [0.1, 0.15) is 30.0 Å². The van der Waals surface area contributed by atoms with Crippen LogP contribution < -0.4 is 0 Å². The zero-order chi connectivity index (χ0) is 16.3. The molecule has 0 bridgehead atoms. The van der Waals surface area contributed by atoms with E-state index in [1.165, 1.54) is 11.1 Å². The molecule has 0 saturated carbocycles. The van der Waals surface area contributed by atoms with Crippen molar-refractivity contribution in [2.75, 3.05) is 13.1 Å². The van der Waals surface area contributed by atoms with Gasteiger partial charge in [-0.1, -0.05) is 54.6 Å². The molecule has 0 aromatic heterocycles. The Balaban J connectivity index is 1.67. The Morgan fingerprint density at radius 1 is 1.00 bits per heavy atom. The second-order valence-corrected chi connectivity index (χ2v) is 6.47. The van der Waals surface area contributed by atoms with Gasteiger partial charge in [0.25, 0.3) is 0 Å². The summed E-state index contributed by atoms with van der Waals surface area (Å²) in [5.74, 6) is 0.0201. The van der Waals surface area contributed by atoms with Crippen LogP contribution >= 0.6 is 0 Å². The molecule has 1 N–H and O–H groups in total. The fourth-order valence-corrected chi connectivity index (χ4v) is 3.22. The molecule has 2 aromatic rings. The third kappa shape index (κ3) is 3.62. The van der Waals surface area contributed by atoms with Crippen molar-refractivity contribution in [3.63, 3.8) is 0 Å². The van der Waals surface area contributed by atoms with Crippen LogP contribution in [0.4, 0.5) is 0 Å². The van der Waals surface area contributed by atoms with Crippen molar-refractivity contribution in [3.8, 4) is 0 Å².